The number of hydrogen-bond donors (Lipinski definition) is 1. The van der Waals surface area contributed by atoms with Crippen molar-refractivity contribution in [2.24, 2.45) is 0 Å². The number of rotatable bonds is 7. The number of amides is 1. The summed E-state index contributed by atoms with van der Waals surface area (Å²) in [7, 11) is 0. The molecule has 0 fully saturated rings. The van der Waals surface area contributed by atoms with Gasteiger partial charge in [0, 0.05) is 34.3 Å². The third-order valence-electron chi connectivity index (χ3n) is 5.96. The number of anilines is 1. The number of benzene rings is 3. The summed E-state index contributed by atoms with van der Waals surface area (Å²) >= 11 is 0. The van der Waals surface area contributed by atoms with Gasteiger partial charge in [0.1, 0.15) is 11.3 Å². The van der Waals surface area contributed by atoms with E-state index in [9.17, 15) is 4.79 Å². The molecular weight excluding hydrogens is 422 g/mol. The Hall–Kier alpha value is -3.79. The highest BCUT2D eigenvalue weighted by atomic mass is 16.5. The lowest BCUT2D eigenvalue weighted by atomic mass is 9.98. The summed E-state index contributed by atoms with van der Waals surface area (Å²) in [6.45, 7) is 10.8. The zero-order valence-electron chi connectivity index (χ0n) is 20.4. The number of carbonyl (C=O) groups excluding carboxylic acids is 1. The second-order valence-corrected chi connectivity index (χ2v) is 8.89. The van der Waals surface area contributed by atoms with Crippen molar-refractivity contribution in [2.75, 3.05) is 11.9 Å². The average molecular weight is 454 g/mol. The Labute approximate surface area is 201 Å². The van der Waals surface area contributed by atoms with Gasteiger partial charge in [-0.15, -0.1) is 0 Å². The fourth-order valence-corrected chi connectivity index (χ4v) is 4.00. The van der Waals surface area contributed by atoms with Crippen molar-refractivity contribution in [2.45, 2.75) is 40.5 Å². The van der Waals surface area contributed by atoms with E-state index in [-0.39, 0.29) is 5.91 Å². The maximum atomic E-state index is 12.8. The Morgan fingerprint density at radius 2 is 1.76 bits per heavy atom. The Balaban J connectivity index is 1.67. The van der Waals surface area contributed by atoms with Crippen LogP contribution in [0, 0.1) is 6.92 Å². The monoisotopic (exact) mass is 453 g/mol. The first-order valence-electron chi connectivity index (χ1n) is 11.7. The molecule has 4 rings (SSSR count). The van der Waals surface area contributed by atoms with Crippen LogP contribution in [-0.2, 0) is 4.79 Å². The molecule has 4 heteroatoms. The Bertz CT molecular complexity index is 1330. The molecule has 0 bridgehead atoms. The summed E-state index contributed by atoms with van der Waals surface area (Å²) in [5, 5.41) is 3.95. The first kappa shape index (κ1) is 23.4. The van der Waals surface area contributed by atoms with Crippen LogP contribution in [0.2, 0.25) is 0 Å². The Kier molecular flexibility index (Phi) is 6.87. The van der Waals surface area contributed by atoms with Gasteiger partial charge in [-0.05, 0) is 61.6 Å². The highest BCUT2D eigenvalue weighted by molar-refractivity contribution is 6.05. The van der Waals surface area contributed by atoms with Crippen LogP contribution in [0.3, 0.4) is 0 Å². The van der Waals surface area contributed by atoms with E-state index in [2.05, 4.69) is 56.4 Å². The van der Waals surface area contributed by atoms with Gasteiger partial charge in [-0.25, -0.2) is 0 Å². The SMILES string of the molecule is CCOc1cc2occ(-c3ccc(C)cc3)c2cc1/C(C)=C/C(=O)Nc1ccc(C(C)C)cc1. The zero-order valence-corrected chi connectivity index (χ0v) is 20.4. The van der Waals surface area contributed by atoms with E-state index in [1.807, 2.05) is 44.2 Å². The molecule has 4 nitrogen and oxygen atoms in total. The van der Waals surface area contributed by atoms with Crippen molar-refractivity contribution in [1.29, 1.82) is 0 Å². The second kappa shape index (κ2) is 10.0. The standard InChI is InChI=1S/C30H31NO3/c1-6-33-28-17-29-26(27(18-34-29)23-9-7-20(4)8-10-23)16-25(28)21(5)15-30(32)31-24-13-11-22(12-14-24)19(2)3/h7-19H,6H2,1-5H3,(H,31,32)/b21-15+. The number of nitrogens with one attached hydrogen (secondary N) is 1. The van der Waals surface area contributed by atoms with Crippen LogP contribution in [0.1, 0.15) is 50.3 Å². The fraction of sp³-hybridized carbons (Fsp3) is 0.233. The smallest absolute Gasteiger partial charge is 0.248 e. The highest BCUT2D eigenvalue weighted by Crippen LogP contribution is 2.37. The molecule has 1 N–H and O–H groups in total. The predicted octanol–water partition coefficient (Wildman–Crippen LogP) is 7.97. The molecule has 0 spiro atoms. The normalized spacial score (nSPS) is 11.8. The minimum absolute atomic E-state index is 0.178. The van der Waals surface area contributed by atoms with E-state index in [0.29, 0.717) is 18.3 Å². The summed E-state index contributed by atoms with van der Waals surface area (Å²) in [6, 6.07) is 20.3. The largest absolute Gasteiger partial charge is 0.493 e. The number of allylic oxidation sites excluding steroid dienone is 1. The quantitative estimate of drug-likeness (QED) is 0.289. The third-order valence-corrected chi connectivity index (χ3v) is 5.96. The summed E-state index contributed by atoms with van der Waals surface area (Å²) in [6.07, 6.45) is 3.40. The van der Waals surface area contributed by atoms with Crippen LogP contribution in [0.4, 0.5) is 5.69 Å². The molecule has 34 heavy (non-hydrogen) atoms. The van der Waals surface area contributed by atoms with E-state index in [4.69, 9.17) is 9.15 Å². The number of ether oxygens (including phenoxy) is 1. The summed E-state index contributed by atoms with van der Waals surface area (Å²) < 4.78 is 11.8. The molecule has 0 atom stereocenters. The molecule has 1 aromatic heterocycles. The number of furan rings is 1. The lowest BCUT2D eigenvalue weighted by Gasteiger charge is -2.12. The van der Waals surface area contributed by atoms with Gasteiger partial charge in [-0.3, -0.25) is 4.79 Å². The van der Waals surface area contributed by atoms with E-state index in [1.54, 1.807) is 12.3 Å². The third kappa shape index (κ3) is 5.07. The van der Waals surface area contributed by atoms with E-state index in [1.165, 1.54) is 11.1 Å². The van der Waals surface area contributed by atoms with Crippen molar-refractivity contribution in [3.63, 3.8) is 0 Å². The van der Waals surface area contributed by atoms with Crippen molar-refractivity contribution in [1.82, 2.24) is 0 Å². The molecule has 0 aliphatic heterocycles. The van der Waals surface area contributed by atoms with Crippen LogP contribution in [0.25, 0.3) is 27.7 Å². The van der Waals surface area contributed by atoms with E-state index < -0.39 is 0 Å². The molecular formula is C30H31NO3. The summed E-state index contributed by atoms with van der Waals surface area (Å²) in [4.78, 5) is 12.8. The molecule has 174 valence electrons. The molecule has 1 amide bonds. The van der Waals surface area contributed by atoms with Gasteiger partial charge >= 0.3 is 0 Å². The number of hydrogen-bond acceptors (Lipinski definition) is 3. The van der Waals surface area contributed by atoms with Gasteiger partial charge < -0.3 is 14.5 Å². The molecule has 3 aromatic carbocycles. The van der Waals surface area contributed by atoms with E-state index in [0.717, 1.165) is 38.9 Å². The molecule has 0 saturated carbocycles. The predicted molar refractivity (Wildman–Crippen MR) is 140 cm³/mol. The highest BCUT2D eigenvalue weighted by Gasteiger charge is 2.15. The summed E-state index contributed by atoms with van der Waals surface area (Å²) in [5.74, 6) is 0.970. The topological polar surface area (TPSA) is 51.5 Å². The molecule has 0 saturated heterocycles. The van der Waals surface area contributed by atoms with Gasteiger partial charge in [0.25, 0.3) is 0 Å². The van der Waals surface area contributed by atoms with Crippen LogP contribution >= 0.6 is 0 Å². The Morgan fingerprint density at radius 3 is 2.41 bits per heavy atom. The van der Waals surface area contributed by atoms with Crippen LogP contribution in [0.15, 0.2) is 77.4 Å². The fourth-order valence-electron chi connectivity index (χ4n) is 4.00. The van der Waals surface area contributed by atoms with Gasteiger partial charge in [-0.2, -0.15) is 0 Å². The molecule has 0 aliphatic carbocycles. The maximum Gasteiger partial charge on any atom is 0.248 e. The van der Waals surface area contributed by atoms with Crippen LogP contribution in [0.5, 0.6) is 5.75 Å². The number of carbonyl (C=O) groups is 1. The molecule has 4 aromatic rings. The first-order chi connectivity index (χ1) is 16.4. The number of aryl methyl sites for hydroxylation is 1. The summed E-state index contributed by atoms with van der Waals surface area (Å²) in [5.41, 5.74) is 7.77. The van der Waals surface area contributed by atoms with E-state index >= 15 is 0 Å². The second-order valence-electron chi connectivity index (χ2n) is 8.89. The lowest BCUT2D eigenvalue weighted by Crippen LogP contribution is -2.09. The average Bonchev–Trinajstić information content (AvgIpc) is 3.22. The van der Waals surface area contributed by atoms with Gasteiger partial charge in [0.05, 0.1) is 12.9 Å². The van der Waals surface area contributed by atoms with Gasteiger partial charge in [-0.1, -0.05) is 55.8 Å². The maximum absolute atomic E-state index is 12.8. The molecule has 0 unspecified atom stereocenters. The molecule has 0 aliphatic rings. The van der Waals surface area contributed by atoms with Crippen molar-refractivity contribution in [3.05, 3.63) is 89.7 Å². The van der Waals surface area contributed by atoms with Crippen LogP contribution in [-0.4, -0.2) is 12.5 Å². The molecule has 0 radical (unpaired) electrons. The minimum atomic E-state index is -0.178. The van der Waals surface area contributed by atoms with Gasteiger partial charge in [0.15, 0.2) is 0 Å². The minimum Gasteiger partial charge on any atom is -0.493 e. The van der Waals surface area contributed by atoms with Crippen molar-refractivity contribution < 1.29 is 13.9 Å². The van der Waals surface area contributed by atoms with Gasteiger partial charge in [0.2, 0.25) is 5.91 Å². The van der Waals surface area contributed by atoms with Crippen LogP contribution < -0.4 is 10.1 Å². The Morgan fingerprint density at radius 1 is 1.06 bits per heavy atom. The lowest BCUT2D eigenvalue weighted by molar-refractivity contribution is -0.111. The zero-order chi connectivity index (χ0) is 24.2. The number of fused-ring (bicyclic) bond motifs is 1. The molecule has 1 heterocycles. The first-order valence-corrected chi connectivity index (χ1v) is 11.7. The van der Waals surface area contributed by atoms with Crippen molar-refractivity contribution >= 4 is 28.1 Å². The van der Waals surface area contributed by atoms with Crippen molar-refractivity contribution in [3.8, 4) is 16.9 Å².